The van der Waals surface area contributed by atoms with E-state index in [2.05, 4.69) is 96.4 Å². The molecule has 0 bridgehead atoms. The van der Waals surface area contributed by atoms with Crippen molar-refractivity contribution in [3.8, 4) is 0 Å². The van der Waals surface area contributed by atoms with E-state index in [0.717, 1.165) is 17.5 Å². The molecule has 26 heavy (non-hydrogen) atoms. The highest BCUT2D eigenvalue weighted by molar-refractivity contribution is 5.83. The van der Waals surface area contributed by atoms with Gasteiger partial charge in [-0.1, -0.05) is 72.3 Å². The van der Waals surface area contributed by atoms with E-state index in [4.69, 9.17) is 4.74 Å². The lowest BCUT2D eigenvalue weighted by Crippen LogP contribution is -2.43. The molecule has 2 heterocycles. The zero-order valence-electron chi connectivity index (χ0n) is 14.9. The predicted octanol–water partition coefficient (Wildman–Crippen LogP) is 5.27. The number of rotatable bonds is 2. The molecule has 0 N–H and O–H groups in total. The van der Waals surface area contributed by atoms with Crippen molar-refractivity contribution < 1.29 is 4.74 Å². The Morgan fingerprint density at radius 1 is 0.808 bits per heavy atom. The molecule has 0 saturated heterocycles. The maximum Gasteiger partial charge on any atom is 0.197 e. The minimum absolute atomic E-state index is 0.632. The van der Waals surface area contributed by atoms with Crippen LogP contribution in [0.25, 0.3) is 10.9 Å². The van der Waals surface area contributed by atoms with Gasteiger partial charge in [-0.2, -0.15) is 0 Å². The van der Waals surface area contributed by atoms with Crippen LogP contribution in [0.2, 0.25) is 0 Å². The molecule has 2 heteroatoms. The third kappa shape index (κ3) is 2.16. The number of benzene rings is 3. The predicted molar refractivity (Wildman–Crippen MR) is 105 cm³/mol. The number of ether oxygens (including phenoxy) is 1. The molecule has 0 atom stereocenters. The van der Waals surface area contributed by atoms with Gasteiger partial charge in [-0.3, -0.25) is 0 Å². The van der Waals surface area contributed by atoms with Gasteiger partial charge in [0.05, 0.1) is 12.1 Å². The number of hydrogen-bond donors (Lipinski definition) is 0. The van der Waals surface area contributed by atoms with Gasteiger partial charge in [-0.25, -0.2) is 0 Å². The summed E-state index contributed by atoms with van der Waals surface area (Å²) in [5.74, 6) is 0. The van der Waals surface area contributed by atoms with Crippen LogP contribution in [-0.2, 0) is 16.9 Å². The quantitative estimate of drug-likeness (QED) is 0.485. The Bertz CT molecular complexity index is 1020. The number of hydrogen-bond acceptors (Lipinski definition) is 1. The largest absolute Gasteiger partial charge is 0.346 e. The van der Waals surface area contributed by atoms with E-state index in [0.29, 0.717) is 6.61 Å². The summed E-state index contributed by atoms with van der Waals surface area (Å²) in [6.45, 7) is 2.85. The Morgan fingerprint density at radius 2 is 1.46 bits per heavy atom. The second-order valence-corrected chi connectivity index (χ2v) is 7.01. The van der Waals surface area contributed by atoms with E-state index in [1.54, 1.807) is 0 Å². The first-order valence-electron chi connectivity index (χ1n) is 9.15. The van der Waals surface area contributed by atoms with Crippen LogP contribution in [0.5, 0.6) is 0 Å². The van der Waals surface area contributed by atoms with Crippen LogP contribution in [0.3, 0.4) is 0 Å². The number of aromatic nitrogens is 1. The van der Waals surface area contributed by atoms with Gasteiger partial charge in [0.1, 0.15) is 0 Å². The molecular weight excluding hydrogens is 318 g/mol. The molecule has 4 aromatic rings. The highest BCUT2D eigenvalue weighted by Crippen LogP contribution is 2.42. The van der Waals surface area contributed by atoms with Crippen molar-refractivity contribution in [3.63, 3.8) is 0 Å². The maximum absolute atomic E-state index is 6.62. The summed E-state index contributed by atoms with van der Waals surface area (Å²) in [6, 6.07) is 30.2. The maximum atomic E-state index is 6.62. The molecule has 3 aromatic carbocycles. The summed E-state index contributed by atoms with van der Waals surface area (Å²) in [6.07, 6.45) is 0.926. The summed E-state index contributed by atoms with van der Waals surface area (Å²) < 4.78 is 9.02. The molecule has 0 aliphatic carbocycles. The summed E-state index contributed by atoms with van der Waals surface area (Å²) in [5.41, 5.74) is 5.51. The van der Waals surface area contributed by atoms with Crippen LogP contribution in [0.4, 0.5) is 0 Å². The van der Waals surface area contributed by atoms with Crippen molar-refractivity contribution in [1.29, 1.82) is 0 Å². The average molecular weight is 339 g/mol. The molecule has 0 fully saturated rings. The highest BCUT2D eigenvalue weighted by Gasteiger charge is 2.42. The second-order valence-electron chi connectivity index (χ2n) is 7.01. The first kappa shape index (κ1) is 15.4. The average Bonchev–Trinajstić information content (AvgIpc) is 3.07. The minimum atomic E-state index is -0.632. The zero-order valence-corrected chi connectivity index (χ0v) is 14.9. The van der Waals surface area contributed by atoms with Crippen LogP contribution >= 0.6 is 0 Å². The van der Waals surface area contributed by atoms with Crippen molar-refractivity contribution in [3.05, 3.63) is 107 Å². The normalized spacial score (nSPS) is 15.7. The Hall–Kier alpha value is -2.84. The molecule has 0 radical (unpaired) electrons. The van der Waals surface area contributed by atoms with Crippen LogP contribution in [0.1, 0.15) is 22.4 Å². The highest BCUT2D eigenvalue weighted by atomic mass is 16.5. The lowest BCUT2D eigenvalue weighted by Gasteiger charge is -2.41. The van der Waals surface area contributed by atoms with E-state index in [-0.39, 0.29) is 0 Å². The SMILES string of the molecule is Cc1ccc2c(c1)cc1n2C(c2ccccc2)(c2ccccc2)OCC1. The van der Waals surface area contributed by atoms with Gasteiger partial charge in [0.25, 0.3) is 0 Å². The number of fused-ring (bicyclic) bond motifs is 3. The second kappa shape index (κ2) is 5.86. The molecule has 1 aliphatic heterocycles. The van der Waals surface area contributed by atoms with Crippen LogP contribution in [0, 0.1) is 6.92 Å². The minimum Gasteiger partial charge on any atom is -0.346 e. The summed E-state index contributed by atoms with van der Waals surface area (Å²) in [4.78, 5) is 0. The molecule has 0 spiro atoms. The summed E-state index contributed by atoms with van der Waals surface area (Å²) >= 11 is 0. The first-order valence-corrected chi connectivity index (χ1v) is 9.15. The zero-order chi connectivity index (χ0) is 17.6. The summed E-state index contributed by atoms with van der Waals surface area (Å²) in [5, 5.41) is 1.28. The van der Waals surface area contributed by atoms with Gasteiger partial charge in [0, 0.05) is 28.6 Å². The molecule has 1 aromatic heterocycles. The fraction of sp³-hybridized carbons (Fsp3) is 0.167. The molecule has 128 valence electrons. The summed E-state index contributed by atoms with van der Waals surface area (Å²) in [7, 11) is 0. The Morgan fingerprint density at radius 3 is 2.12 bits per heavy atom. The smallest absolute Gasteiger partial charge is 0.197 e. The van der Waals surface area contributed by atoms with E-state index >= 15 is 0 Å². The lowest BCUT2D eigenvalue weighted by atomic mass is 9.92. The van der Waals surface area contributed by atoms with Gasteiger partial charge < -0.3 is 9.30 Å². The van der Waals surface area contributed by atoms with Crippen molar-refractivity contribution >= 4 is 10.9 Å². The van der Waals surface area contributed by atoms with E-state index in [1.807, 2.05) is 0 Å². The van der Waals surface area contributed by atoms with E-state index in [1.165, 1.54) is 22.2 Å². The molecule has 0 unspecified atom stereocenters. The third-order valence-corrected chi connectivity index (χ3v) is 5.35. The fourth-order valence-corrected chi connectivity index (χ4v) is 4.24. The van der Waals surface area contributed by atoms with Crippen LogP contribution < -0.4 is 0 Å². The van der Waals surface area contributed by atoms with Gasteiger partial charge in [0.15, 0.2) is 5.72 Å². The molecule has 2 nitrogen and oxygen atoms in total. The van der Waals surface area contributed by atoms with Crippen molar-refractivity contribution in [2.75, 3.05) is 6.61 Å². The fourth-order valence-electron chi connectivity index (χ4n) is 4.24. The van der Waals surface area contributed by atoms with Crippen LogP contribution in [-0.4, -0.2) is 11.2 Å². The van der Waals surface area contributed by atoms with Gasteiger partial charge in [-0.05, 0) is 25.1 Å². The Labute approximate surface area is 153 Å². The van der Waals surface area contributed by atoms with Gasteiger partial charge in [-0.15, -0.1) is 0 Å². The van der Waals surface area contributed by atoms with Gasteiger partial charge in [0.2, 0.25) is 0 Å². The topological polar surface area (TPSA) is 14.2 Å². The van der Waals surface area contributed by atoms with Gasteiger partial charge >= 0.3 is 0 Å². The number of aryl methyl sites for hydroxylation is 1. The molecule has 5 rings (SSSR count). The monoisotopic (exact) mass is 339 g/mol. The standard InChI is InChI=1S/C24H21NO/c1-18-12-13-23-19(16-18)17-22-14-15-26-24(25(22)23,20-8-4-2-5-9-20)21-10-6-3-7-11-21/h2-13,16-17H,14-15H2,1H3. The first-order chi connectivity index (χ1) is 12.8. The van der Waals surface area contributed by atoms with E-state index in [9.17, 15) is 0 Å². The Balaban J connectivity index is 1.90. The van der Waals surface area contributed by atoms with Crippen molar-refractivity contribution in [2.24, 2.45) is 0 Å². The van der Waals surface area contributed by atoms with E-state index < -0.39 is 5.72 Å². The molecule has 0 amide bonds. The Kier molecular flexibility index (Phi) is 3.47. The molecular formula is C24H21NO. The molecule has 1 aliphatic rings. The van der Waals surface area contributed by atoms with Crippen molar-refractivity contribution in [2.45, 2.75) is 19.1 Å². The third-order valence-electron chi connectivity index (χ3n) is 5.35. The lowest BCUT2D eigenvalue weighted by molar-refractivity contribution is -0.0555. The van der Waals surface area contributed by atoms with Crippen LogP contribution in [0.15, 0.2) is 84.9 Å². The van der Waals surface area contributed by atoms with Crippen molar-refractivity contribution in [1.82, 2.24) is 4.57 Å². The number of nitrogens with zero attached hydrogens (tertiary/aromatic N) is 1. The molecule has 0 saturated carbocycles.